The topological polar surface area (TPSA) is 45.2 Å². The molecule has 0 radical (unpaired) electrons. The molecule has 0 saturated heterocycles. The van der Waals surface area contributed by atoms with Crippen molar-refractivity contribution in [3.05, 3.63) is 6.20 Å². The number of carbonyl (C=O) groups excluding carboxylic acids is 1. The molecule has 2 amide bonds. The molecule has 1 N–H and O–H groups in total. The van der Waals surface area contributed by atoms with Gasteiger partial charge in [0.25, 0.3) is 0 Å². The Morgan fingerprint density at radius 2 is 1.86 bits per heavy atom. The summed E-state index contributed by atoms with van der Waals surface area (Å²) in [6, 6.07) is 0.845. The van der Waals surface area contributed by atoms with Crippen LogP contribution in [0.25, 0.3) is 0 Å². The molecule has 0 atom stereocenters. The molecule has 2 fully saturated rings. The Morgan fingerprint density at radius 1 is 1.23 bits per heavy atom. The van der Waals surface area contributed by atoms with E-state index in [-0.39, 0.29) is 6.03 Å². The Bertz CT molecular complexity index is 505. The second-order valence-corrected chi connectivity index (χ2v) is 8.51. The molecule has 0 spiro atoms. The van der Waals surface area contributed by atoms with Gasteiger partial charge in [-0.1, -0.05) is 31.1 Å². The summed E-state index contributed by atoms with van der Waals surface area (Å²) in [5.41, 5.74) is 0. The summed E-state index contributed by atoms with van der Waals surface area (Å²) < 4.78 is 0.828. The van der Waals surface area contributed by atoms with Crippen LogP contribution in [-0.4, -0.2) is 28.0 Å². The molecule has 4 nitrogen and oxygen atoms in total. The number of thiazole rings is 1. The molecule has 22 heavy (non-hydrogen) atoms. The first-order valence-corrected chi connectivity index (χ1v) is 9.64. The molecule has 6 heteroatoms. The number of nitrogens with zero attached hydrogens (tertiary/aromatic N) is 2. The fraction of sp³-hybridized carbons (Fsp3) is 0.750. The SMILES string of the molecule is CC1CCC(N(C(=O)Nc2ncc(S)s2)C2CCCC2)CC1. The van der Waals surface area contributed by atoms with Gasteiger partial charge in [-0.2, -0.15) is 0 Å². The molecular weight excluding hydrogens is 314 g/mol. The number of thiol groups is 1. The lowest BCUT2D eigenvalue weighted by Crippen LogP contribution is -2.49. The molecule has 2 saturated carbocycles. The molecule has 0 unspecified atom stereocenters. The largest absolute Gasteiger partial charge is 0.324 e. The fourth-order valence-electron chi connectivity index (χ4n) is 3.81. The van der Waals surface area contributed by atoms with E-state index in [0.29, 0.717) is 17.2 Å². The van der Waals surface area contributed by atoms with Gasteiger partial charge in [0, 0.05) is 12.1 Å². The standard InChI is InChI=1S/C16H25N3OS2/c1-11-6-8-13(9-7-11)19(12-4-2-3-5-12)16(20)18-15-17-10-14(21)22-15/h10-13,21H,2-9H2,1H3,(H,17,18,20). The van der Waals surface area contributed by atoms with Crippen LogP contribution in [-0.2, 0) is 0 Å². The molecule has 1 aromatic rings. The third-order valence-corrected chi connectivity index (χ3v) is 6.14. The average Bonchev–Trinajstić information content (AvgIpc) is 3.14. The van der Waals surface area contributed by atoms with Crippen LogP contribution < -0.4 is 5.32 Å². The molecule has 1 heterocycles. The van der Waals surface area contributed by atoms with Crippen molar-refractivity contribution in [2.75, 3.05) is 5.32 Å². The number of hydrogen-bond acceptors (Lipinski definition) is 4. The molecule has 3 rings (SSSR count). The van der Waals surface area contributed by atoms with Gasteiger partial charge in [0.15, 0.2) is 5.13 Å². The minimum absolute atomic E-state index is 0.0362. The maximum Gasteiger partial charge on any atom is 0.324 e. The second kappa shape index (κ2) is 7.21. The number of hydrogen-bond donors (Lipinski definition) is 2. The first kappa shape index (κ1) is 16.1. The van der Waals surface area contributed by atoms with E-state index in [0.717, 1.165) is 35.8 Å². The van der Waals surface area contributed by atoms with Gasteiger partial charge in [0.1, 0.15) is 0 Å². The highest BCUT2D eigenvalue weighted by Crippen LogP contribution is 2.33. The molecule has 0 bridgehead atoms. The van der Waals surface area contributed by atoms with Crippen LogP contribution in [0.15, 0.2) is 10.4 Å². The summed E-state index contributed by atoms with van der Waals surface area (Å²) in [4.78, 5) is 19.2. The predicted octanol–water partition coefficient (Wildman–Crippen LogP) is 4.79. The van der Waals surface area contributed by atoms with Crippen LogP contribution >= 0.6 is 24.0 Å². The van der Waals surface area contributed by atoms with E-state index in [9.17, 15) is 4.79 Å². The quantitative estimate of drug-likeness (QED) is 0.778. The number of nitrogens with one attached hydrogen (secondary N) is 1. The van der Waals surface area contributed by atoms with Gasteiger partial charge in [-0.3, -0.25) is 5.32 Å². The van der Waals surface area contributed by atoms with E-state index < -0.39 is 0 Å². The zero-order valence-corrected chi connectivity index (χ0v) is 14.8. The smallest absolute Gasteiger partial charge is 0.319 e. The van der Waals surface area contributed by atoms with Crippen molar-refractivity contribution in [2.24, 2.45) is 5.92 Å². The van der Waals surface area contributed by atoms with Crippen molar-refractivity contribution in [1.82, 2.24) is 9.88 Å². The lowest BCUT2D eigenvalue weighted by atomic mass is 9.86. The third kappa shape index (κ3) is 3.77. The summed E-state index contributed by atoms with van der Waals surface area (Å²) in [7, 11) is 0. The third-order valence-electron chi connectivity index (χ3n) is 5.04. The highest BCUT2D eigenvalue weighted by molar-refractivity contribution is 7.83. The number of anilines is 1. The molecule has 2 aliphatic carbocycles. The minimum Gasteiger partial charge on any atom is -0.319 e. The average molecular weight is 340 g/mol. The lowest BCUT2D eigenvalue weighted by molar-refractivity contribution is 0.124. The Kier molecular flexibility index (Phi) is 5.29. The Labute approximate surface area is 142 Å². The van der Waals surface area contributed by atoms with E-state index >= 15 is 0 Å². The highest BCUT2D eigenvalue weighted by atomic mass is 32.2. The zero-order chi connectivity index (χ0) is 15.5. The monoisotopic (exact) mass is 339 g/mol. The zero-order valence-electron chi connectivity index (χ0n) is 13.1. The second-order valence-electron chi connectivity index (χ2n) is 6.69. The van der Waals surface area contributed by atoms with Crippen molar-refractivity contribution in [3.63, 3.8) is 0 Å². The maximum absolute atomic E-state index is 12.8. The molecule has 0 aliphatic heterocycles. The Hall–Kier alpha value is -0.750. The molecular formula is C16H25N3OS2. The molecule has 0 aromatic carbocycles. The van der Waals surface area contributed by atoms with Crippen molar-refractivity contribution >= 4 is 35.1 Å². The van der Waals surface area contributed by atoms with E-state index in [1.165, 1.54) is 37.0 Å². The fourth-order valence-corrected chi connectivity index (χ4v) is 4.68. The van der Waals surface area contributed by atoms with Crippen LogP contribution in [0.3, 0.4) is 0 Å². The van der Waals surface area contributed by atoms with Crippen LogP contribution in [0.5, 0.6) is 0 Å². The van der Waals surface area contributed by atoms with Crippen molar-refractivity contribution in [1.29, 1.82) is 0 Å². The van der Waals surface area contributed by atoms with Gasteiger partial charge in [0.05, 0.1) is 10.4 Å². The van der Waals surface area contributed by atoms with Crippen LogP contribution in [0, 0.1) is 5.92 Å². The molecule has 122 valence electrons. The van der Waals surface area contributed by atoms with Gasteiger partial charge in [-0.15, -0.1) is 12.6 Å². The van der Waals surface area contributed by atoms with Crippen molar-refractivity contribution in [3.8, 4) is 0 Å². The normalized spacial score (nSPS) is 26.1. The number of rotatable bonds is 3. The molecule has 2 aliphatic rings. The van der Waals surface area contributed by atoms with Gasteiger partial charge in [0.2, 0.25) is 0 Å². The van der Waals surface area contributed by atoms with Crippen LogP contribution in [0.2, 0.25) is 0 Å². The van der Waals surface area contributed by atoms with E-state index in [4.69, 9.17) is 0 Å². The first-order chi connectivity index (χ1) is 10.6. The van der Waals surface area contributed by atoms with Gasteiger partial charge in [-0.05, 0) is 44.4 Å². The maximum atomic E-state index is 12.8. The number of aromatic nitrogens is 1. The predicted molar refractivity (Wildman–Crippen MR) is 93.9 cm³/mol. The molecule has 1 aromatic heterocycles. The van der Waals surface area contributed by atoms with E-state index in [2.05, 4.69) is 34.8 Å². The van der Waals surface area contributed by atoms with Crippen molar-refractivity contribution < 1.29 is 4.79 Å². The summed E-state index contributed by atoms with van der Waals surface area (Å²) in [6.45, 7) is 2.32. The Morgan fingerprint density at radius 3 is 2.45 bits per heavy atom. The van der Waals surface area contributed by atoms with Crippen LogP contribution in [0.1, 0.15) is 58.3 Å². The highest BCUT2D eigenvalue weighted by Gasteiger charge is 2.34. The summed E-state index contributed by atoms with van der Waals surface area (Å²) in [6.07, 6.45) is 11.2. The number of urea groups is 1. The Balaban J connectivity index is 1.71. The summed E-state index contributed by atoms with van der Waals surface area (Å²) in [5, 5.41) is 3.65. The summed E-state index contributed by atoms with van der Waals surface area (Å²) in [5.74, 6) is 0.801. The van der Waals surface area contributed by atoms with Gasteiger partial charge in [-0.25, -0.2) is 9.78 Å². The van der Waals surface area contributed by atoms with E-state index in [1.54, 1.807) is 6.20 Å². The van der Waals surface area contributed by atoms with Crippen LogP contribution in [0.4, 0.5) is 9.93 Å². The summed E-state index contributed by atoms with van der Waals surface area (Å²) >= 11 is 5.69. The van der Waals surface area contributed by atoms with Gasteiger partial charge < -0.3 is 4.90 Å². The van der Waals surface area contributed by atoms with E-state index in [1.807, 2.05) is 0 Å². The number of amides is 2. The van der Waals surface area contributed by atoms with Crippen molar-refractivity contribution in [2.45, 2.75) is 74.6 Å². The number of carbonyl (C=O) groups is 1. The van der Waals surface area contributed by atoms with Gasteiger partial charge >= 0.3 is 6.03 Å². The first-order valence-electron chi connectivity index (χ1n) is 8.37. The minimum atomic E-state index is 0.0362. The lowest BCUT2D eigenvalue weighted by Gasteiger charge is -2.39.